The molecular formula is C12H26O2Si. The van der Waals surface area contributed by atoms with Crippen molar-refractivity contribution in [1.82, 2.24) is 0 Å². The third-order valence-corrected chi connectivity index (χ3v) is 8.46. The highest BCUT2D eigenvalue weighted by Crippen LogP contribution is 2.37. The van der Waals surface area contributed by atoms with E-state index in [2.05, 4.69) is 40.8 Å². The monoisotopic (exact) mass is 230 g/mol. The summed E-state index contributed by atoms with van der Waals surface area (Å²) in [7, 11) is -1.58. The summed E-state index contributed by atoms with van der Waals surface area (Å²) in [5, 5.41) is 0.300. The van der Waals surface area contributed by atoms with E-state index in [4.69, 9.17) is 9.16 Å². The van der Waals surface area contributed by atoms with Gasteiger partial charge in [0, 0.05) is 6.61 Å². The lowest BCUT2D eigenvalue weighted by Gasteiger charge is -2.37. The molecule has 0 unspecified atom stereocenters. The van der Waals surface area contributed by atoms with Crippen LogP contribution in [-0.2, 0) is 9.16 Å². The topological polar surface area (TPSA) is 18.5 Å². The molecule has 90 valence electrons. The van der Waals surface area contributed by atoms with Crippen LogP contribution in [-0.4, -0.2) is 27.6 Å². The number of ether oxygens (including phenoxy) is 1. The van der Waals surface area contributed by atoms with Crippen LogP contribution in [0.15, 0.2) is 0 Å². The maximum Gasteiger partial charge on any atom is 0.192 e. The summed E-state index contributed by atoms with van der Waals surface area (Å²) in [6, 6.07) is 0. The number of hydrogen-bond acceptors (Lipinski definition) is 2. The van der Waals surface area contributed by atoms with Gasteiger partial charge in [-0.15, -0.1) is 0 Å². The second-order valence-electron chi connectivity index (χ2n) is 6.25. The van der Waals surface area contributed by atoms with Crippen molar-refractivity contribution in [1.29, 1.82) is 0 Å². The summed E-state index contributed by atoms with van der Waals surface area (Å²) >= 11 is 0. The average molecular weight is 230 g/mol. The molecule has 1 heterocycles. The zero-order chi connectivity index (χ0) is 11.7. The normalized spacial score (nSPS) is 28.4. The second-order valence-corrected chi connectivity index (χ2v) is 11.1. The van der Waals surface area contributed by atoms with Crippen molar-refractivity contribution < 1.29 is 9.16 Å². The summed E-state index contributed by atoms with van der Waals surface area (Å²) in [6.07, 6.45) is 1.52. The second kappa shape index (κ2) is 4.56. The van der Waals surface area contributed by atoms with Crippen molar-refractivity contribution in [3.63, 3.8) is 0 Å². The van der Waals surface area contributed by atoms with Gasteiger partial charge in [0.15, 0.2) is 8.32 Å². The number of rotatable bonds is 3. The fourth-order valence-corrected chi connectivity index (χ4v) is 2.49. The first-order valence-electron chi connectivity index (χ1n) is 5.99. The molecule has 0 bridgehead atoms. The van der Waals surface area contributed by atoms with Gasteiger partial charge in [-0.2, -0.15) is 0 Å². The highest BCUT2D eigenvalue weighted by molar-refractivity contribution is 6.74. The Kier molecular flexibility index (Phi) is 4.01. The minimum Gasteiger partial charge on any atom is -0.414 e. The van der Waals surface area contributed by atoms with E-state index in [1.807, 2.05) is 0 Å². The fourth-order valence-electron chi connectivity index (χ4n) is 1.47. The van der Waals surface area contributed by atoms with Crippen molar-refractivity contribution in [2.45, 2.75) is 58.4 Å². The SMILES string of the molecule is C[C@@H]1CCO[C@H]1CO[Si](C)(C)C(C)(C)C. The van der Waals surface area contributed by atoms with E-state index < -0.39 is 8.32 Å². The van der Waals surface area contributed by atoms with E-state index in [-0.39, 0.29) is 0 Å². The smallest absolute Gasteiger partial charge is 0.192 e. The van der Waals surface area contributed by atoms with Crippen LogP contribution < -0.4 is 0 Å². The van der Waals surface area contributed by atoms with Gasteiger partial charge in [0.2, 0.25) is 0 Å². The zero-order valence-corrected chi connectivity index (χ0v) is 12.1. The molecule has 2 atom stereocenters. The Morgan fingerprint density at radius 2 is 1.93 bits per heavy atom. The lowest BCUT2D eigenvalue weighted by Crippen LogP contribution is -2.43. The Hall–Kier alpha value is 0.137. The maximum atomic E-state index is 6.16. The molecule has 1 aliphatic heterocycles. The molecule has 0 aliphatic carbocycles. The van der Waals surface area contributed by atoms with E-state index >= 15 is 0 Å². The molecule has 0 spiro atoms. The van der Waals surface area contributed by atoms with E-state index in [1.165, 1.54) is 6.42 Å². The minimum absolute atomic E-state index is 0.300. The average Bonchev–Trinajstić information content (AvgIpc) is 2.46. The molecule has 0 radical (unpaired) electrons. The summed E-state index contributed by atoms with van der Waals surface area (Å²) in [6.45, 7) is 15.4. The quantitative estimate of drug-likeness (QED) is 0.692. The Morgan fingerprint density at radius 1 is 1.33 bits per heavy atom. The van der Waals surface area contributed by atoms with Gasteiger partial charge in [0.05, 0.1) is 12.7 Å². The summed E-state index contributed by atoms with van der Waals surface area (Å²) in [5.74, 6) is 0.662. The molecule has 1 rings (SSSR count). The molecule has 0 aromatic carbocycles. The van der Waals surface area contributed by atoms with Crippen molar-refractivity contribution in [2.75, 3.05) is 13.2 Å². The van der Waals surface area contributed by atoms with Crippen LogP contribution in [0.2, 0.25) is 18.1 Å². The summed E-state index contributed by atoms with van der Waals surface area (Å²) < 4.78 is 11.8. The molecular weight excluding hydrogens is 204 g/mol. The fraction of sp³-hybridized carbons (Fsp3) is 1.00. The Labute approximate surface area is 95.5 Å². The Morgan fingerprint density at radius 3 is 2.33 bits per heavy atom. The zero-order valence-electron chi connectivity index (χ0n) is 11.1. The minimum atomic E-state index is -1.58. The molecule has 0 amide bonds. The molecule has 0 aromatic rings. The lowest BCUT2D eigenvalue weighted by molar-refractivity contribution is 0.0470. The van der Waals surface area contributed by atoms with Crippen molar-refractivity contribution in [2.24, 2.45) is 5.92 Å². The number of hydrogen-bond donors (Lipinski definition) is 0. The van der Waals surface area contributed by atoms with E-state index in [0.29, 0.717) is 17.1 Å². The van der Waals surface area contributed by atoms with E-state index in [1.54, 1.807) is 0 Å². The van der Waals surface area contributed by atoms with Gasteiger partial charge >= 0.3 is 0 Å². The molecule has 0 saturated carbocycles. The third kappa shape index (κ3) is 3.30. The first kappa shape index (κ1) is 13.2. The predicted octanol–water partition coefficient (Wildman–Crippen LogP) is 3.43. The van der Waals surface area contributed by atoms with Gasteiger partial charge in [-0.05, 0) is 30.5 Å². The molecule has 15 heavy (non-hydrogen) atoms. The van der Waals surface area contributed by atoms with Crippen molar-refractivity contribution >= 4 is 8.32 Å². The van der Waals surface area contributed by atoms with Gasteiger partial charge in [0.25, 0.3) is 0 Å². The first-order valence-corrected chi connectivity index (χ1v) is 8.90. The molecule has 2 nitrogen and oxygen atoms in total. The van der Waals surface area contributed by atoms with Gasteiger partial charge in [-0.25, -0.2) is 0 Å². The largest absolute Gasteiger partial charge is 0.414 e. The van der Waals surface area contributed by atoms with Crippen LogP contribution >= 0.6 is 0 Å². The van der Waals surface area contributed by atoms with Gasteiger partial charge < -0.3 is 9.16 Å². The summed E-state index contributed by atoms with van der Waals surface area (Å²) in [4.78, 5) is 0. The summed E-state index contributed by atoms with van der Waals surface area (Å²) in [5.41, 5.74) is 0. The predicted molar refractivity (Wildman–Crippen MR) is 66.7 cm³/mol. The maximum absolute atomic E-state index is 6.16. The van der Waals surface area contributed by atoms with Gasteiger partial charge in [0.1, 0.15) is 0 Å². The van der Waals surface area contributed by atoms with Gasteiger partial charge in [-0.1, -0.05) is 27.7 Å². The standard InChI is InChI=1S/C12H26O2Si/c1-10-7-8-13-11(10)9-14-15(5,6)12(2,3)4/h10-11H,7-9H2,1-6H3/t10-,11+/m1/s1. The van der Waals surface area contributed by atoms with Crippen LogP contribution in [0.3, 0.4) is 0 Å². The van der Waals surface area contributed by atoms with Crippen molar-refractivity contribution in [3.05, 3.63) is 0 Å². The van der Waals surface area contributed by atoms with Crippen LogP contribution in [0.25, 0.3) is 0 Å². The lowest BCUT2D eigenvalue weighted by atomic mass is 10.1. The molecule has 1 saturated heterocycles. The first-order chi connectivity index (χ1) is 6.74. The van der Waals surface area contributed by atoms with Crippen LogP contribution in [0.4, 0.5) is 0 Å². The molecule has 0 N–H and O–H groups in total. The van der Waals surface area contributed by atoms with Crippen LogP contribution in [0.1, 0.15) is 34.1 Å². The van der Waals surface area contributed by atoms with E-state index in [9.17, 15) is 0 Å². The third-order valence-electron chi connectivity index (χ3n) is 3.95. The molecule has 1 aliphatic rings. The molecule has 3 heteroatoms. The Bertz CT molecular complexity index is 208. The highest BCUT2D eigenvalue weighted by Gasteiger charge is 2.38. The van der Waals surface area contributed by atoms with Gasteiger partial charge in [-0.3, -0.25) is 0 Å². The van der Waals surface area contributed by atoms with Crippen molar-refractivity contribution in [3.8, 4) is 0 Å². The van der Waals surface area contributed by atoms with Crippen LogP contribution in [0.5, 0.6) is 0 Å². The van der Waals surface area contributed by atoms with E-state index in [0.717, 1.165) is 13.2 Å². The van der Waals surface area contributed by atoms with Crippen LogP contribution in [0, 0.1) is 5.92 Å². The Balaban J connectivity index is 2.42. The molecule has 0 aromatic heterocycles. The molecule has 1 fully saturated rings. The highest BCUT2D eigenvalue weighted by atomic mass is 28.4.